The number of hydrogen-bond donors (Lipinski definition) is 1. The van der Waals surface area contributed by atoms with Crippen molar-refractivity contribution >= 4 is 11.9 Å². The van der Waals surface area contributed by atoms with Gasteiger partial charge in [-0.2, -0.15) is 0 Å². The standard InChI is InChI=1S/C9H15NO4/c1-10-5-6(8(11)12)3-4-7(10)9(13)14-2/h6-7H,3-5H2,1-2H3,(H,11,12). The minimum atomic E-state index is -0.792. The van der Waals surface area contributed by atoms with Crippen LogP contribution in [0.15, 0.2) is 0 Å². The maximum absolute atomic E-state index is 11.2. The molecule has 0 bridgehead atoms. The van der Waals surface area contributed by atoms with E-state index in [1.54, 1.807) is 11.9 Å². The molecule has 0 spiro atoms. The molecular formula is C9H15NO4. The molecule has 80 valence electrons. The molecule has 1 aliphatic heterocycles. The van der Waals surface area contributed by atoms with Crippen molar-refractivity contribution in [1.82, 2.24) is 4.90 Å². The number of carbonyl (C=O) groups is 2. The number of carboxylic acid groups (broad SMARTS) is 1. The summed E-state index contributed by atoms with van der Waals surface area (Å²) in [6, 6.07) is -0.282. The Morgan fingerprint density at radius 3 is 2.50 bits per heavy atom. The molecule has 5 heteroatoms. The highest BCUT2D eigenvalue weighted by Crippen LogP contribution is 2.21. The molecular weight excluding hydrogens is 186 g/mol. The average Bonchev–Trinajstić information content (AvgIpc) is 2.16. The van der Waals surface area contributed by atoms with E-state index in [4.69, 9.17) is 5.11 Å². The number of carboxylic acids is 1. The molecule has 0 amide bonds. The molecule has 1 fully saturated rings. The van der Waals surface area contributed by atoms with Crippen molar-refractivity contribution in [3.63, 3.8) is 0 Å². The molecule has 0 aromatic heterocycles. The summed E-state index contributed by atoms with van der Waals surface area (Å²) in [4.78, 5) is 23.7. The highest BCUT2D eigenvalue weighted by atomic mass is 16.5. The highest BCUT2D eigenvalue weighted by Gasteiger charge is 2.33. The van der Waals surface area contributed by atoms with Crippen LogP contribution in [0.4, 0.5) is 0 Å². The van der Waals surface area contributed by atoms with Crippen LogP contribution in [0.2, 0.25) is 0 Å². The number of rotatable bonds is 2. The van der Waals surface area contributed by atoms with Gasteiger partial charge in [-0.25, -0.2) is 0 Å². The highest BCUT2D eigenvalue weighted by molar-refractivity contribution is 5.76. The van der Waals surface area contributed by atoms with Gasteiger partial charge in [-0.3, -0.25) is 14.5 Å². The van der Waals surface area contributed by atoms with Crippen LogP contribution < -0.4 is 0 Å². The zero-order valence-corrected chi connectivity index (χ0v) is 8.40. The number of aliphatic carboxylic acids is 1. The molecule has 1 aliphatic rings. The molecule has 1 heterocycles. The Kier molecular flexibility index (Phi) is 3.46. The van der Waals surface area contributed by atoms with Gasteiger partial charge in [0.05, 0.1) is 13.0 Å². The van der Waals surface area contributed by atoms with Crippen LogP contribution >= 0.6 is 0 Å². The summed E-state index contributed by atoms with van der Waals surface area (Å²) in [5.41, 5.74) is 0. The molecule has 1 N–H and O–H groups in total. The number of likely N-dealkylation sites (tertiary alicyclic amines) is 1. The van der Waals surface area contributed by atoms with Gasteiger partial charge in [0.2, 0.25) is 0 Å². The molecule has 0 radical (unpaired) electrons. The van der Waals surface area contributed by atoms with E-state index in [9.17, 15) is 9.59 Å². The number of hydrogen-bond acceptors (Lipinski definition) is 4. The normalized spacial score (nSPS) is 28.4. The van der Waals surface area contributed by atoms with E-state index in [-0.39, 0.29) is 17.9 Å². The molecule has 1 saturated heterocycles. The summed E-state index contributed by atoms with van der Waals surface area (Å²) in [6.45, 7) is 0.412. The lowest BCUT2D eigenvalue weighted by atomic mass is 9.93. The SMILES string of the molecule is COC(=O)C1CCC(C(=O)O)CN1C. The van der Waals surface area contributed by atoms with Gasteiger partial charge >= 0.3 is 11.9 Å². The van der Waals surface area contributed by atoms with Gasteiger partial charge in [0, 0.05) is 6.54 Å². The van der Waals surface area contributed by atoms with E-state index in [1.807, 2.05) is 0 Å². The minimum absolute atomic E-state index is 0.281. The lowest BCUT2D eigenvalue weighted by Gasteiger charge is -2.33. The second-order valence-electron chi connectivity index (χ2n) is 3.59. The van der Waals surface area contributed by atoms with Crippen LogP contribution in [-0.4, -0.2) is 48.7 Å². The van der Waals surface area contributed by atoms with Gasteiger partial charge in [0.15, 0.2) is 0 Å². The molecule has 2 atom stereocenters. The molecule has 0 aromatic carbocycles. The molecule has 0 aliphatic carbocycles. The Morgan fingerprint density at radius 1 is 1.43 bits per heavy atom. The fraction of sp³-hybridized carbons (Fsp3) is 0.778. The van der Waals surface area contributed by atoms with Crippen molar-refractivity contribution in [1.29, 1.82) is 0 Å². The molecule has 5 nitrogen and oxygen atoms in total. The number of ether oxygens (including phenoxy) is 1. The van der Waals surface area contributed by atoms with E-state index < -0.39 is 5.97 Å². The van der Waals surface area contributed by atoms with E-state index in [0.29, 0.717) is 19.4 Å². The maximum Gasteiger partial charge on any atom is 0.323 e. The van der Waals surface area contributed by atoms with Crippen molar-refractivity contribution in [2.75, 3.05) is 20.7 Å². The second kappa shape index (κ2) is 4.41. The van der Waals surface area contributed by atoms with Gasteiger partial charge in [-0.15, -0.1) is 0 Å². The Hall–Kier alpha value is -1.10. The van der Waals surface area contributed by atoms with Gasteiger partial charge in [-0.05, 0) is 19.9 Å². The molecule has 1 rings (SSSR count). The first-order valence-electron chi connectivity index (χ1n) is 4.57. The van der Waals surface area contributed by atoms with Gasteiger partial charge in [0.25, 0.3) is 0 Å². The Labute approximate surface area is 82.6 Å². The summed E-state index contributed by atoms with van der Waals surface area (Å²) in [6.07, 6.45) is 1.10. The fourth-order valence-electron chi connectivity index (χ4n) is 1.78. The topological polar surface area (TPSA) is 66.8 Å². The van der Waals surface area contributed by atoms with Gasteiger partial charge in [-0.1, -0.05) is 0 Å². The summed E-state index contributed by atoms with van der Waals surface area (Å²) < 4.78 is 4.63. The zero-order valence-electron chi connectivity index (χ0n) is 8.40. The first-order chi connectivity index (χ1) is 6.56. The van der Waals surface area contributed by atoms with E-state index in [1.165, 1.54) is 7.11 Å². The van der Waals surface area contributed by atoms with Crippen LogP contribution in [0.1, 0.15) is 12.8 Å². The van der Waals surface area contributed by atoms with Gasteiger partial charge in [0.1, 0.15) is 6.04 Å². The monoisotopic (exact) mass is 201 g/mol. The molecule has 0 aromatic rings. The number of likely N-dealkylation sites (N-methyl/N-ethyl adjacent to an activating group) is 1. The predicted molar refractivity (Wildman–Crippen MR) is 48.8 cm³/mol. The number of methoxy groups -OCH3 is 1. The molecule has 14 heavy (non-hydrogen) atoms. The number of piperidine rings is 1. The van der Waals surface area contributed by atoms with E-state index in [0.717, 1.165) is 0 Å². The first kappa shape index (κ1) is 11.0. The van der Waals surface area contributed by atoms with Crippen molar-refractivity contribution in [2.24, 2.45) is 5.92 Å². The third-order valence-corrected chi connectivity index (χ3v) is 2.65. The van der Waals surface area contributed by atoms with Crippen molar-refractivity contribution in [2.45, 2.75) is 18.9 Å². The Balaban J connectivity index is 2.56. The van der Waals surface area contributed by atoms with Crippen LogP contribution in [0, 0.1) is 5.92 Å². The third kappa shape index (κ3) is 2.23. The van der Waals surface area contributed by atoms with E-state index >= 15 is 0 Å². The summed E-state index contributed by atoms with van der Waals surface area (Å²) in [7, 11) is 3.09. The summed E-state index contributed by atoms with van der Waals surface area (Å²) >= 11 is 0. The van der Waals surface area contributed by atoms with Crippen molar-refractivity contribution < 1.29 is 19.4 Å². The largest absolute Gasteiger partial charge is 0.481 e. The zero-order chi connectivity index (χ0) is 10.7. The van der Waals surface area contributed by atoms with Crippen molar-refractivity contribution in [3.8, 4) is 0 Å². The lowest BCUT2D eigenvalue weighted by molar-refractivity contribution is -0.152. The minimum Gasteiger partial charge on any atom is -0.481 e. The molecule has 0 saturated carbocycles. The maximum atomic E-state index is 11.2. The van der Waals surface area contributed by atoms with Gasteiger partial charge < -0.3 is 9.84 Å². The third-order valence-electron chi connectivity index (χ3n) is 2.65. The van der Waals surface area contributed by atoms with Crippen LogP contribution in [0.5, 0.6) is 0 Å². The number of esters is 1. The smallest absolute Gasteiger partial charge is 0.323 e. The van der Waals surface area contributed by atoms with Crippen LogP contribution in [-0.2, 0) is 14.3 Å². The number of carbonyl (C=O) groups excluding carboxylic acids is 1. The summed E-state index contributed by atoms with van der Waals surface area (Å²) in [5, 5.41) is 8.80. The first-order valence-corrected chi connectivity index (χ1v) is 4.57. The predicted octanol–water partition coefficient (Wildman–Crippen LogP) is -0.0456. The second-order valence-corrected chi connectivity index (χ2v) is 3.59. The number of nitrogens with zero attached hydrogens (tertiary/aromatic N) is 1. The van der Waals surface area contributed by atoms with E-state index in [2.05, 4.69) is 4.74 Å². The Morgan fingerprint density at radius 2 is 2.07 bits per heavy atom. The quantitative estimate of drug-likeness (QED) is 0.635. The van der Waals surface area contributed by atoms with Crippen LogP contribution in [0.3, 0.4) is 0 Å². The van der Waals surface area contributed by atoms with Crippen molar-refractivity contribution in [3.05, 3.63) is 0 Å². The lowest BCUT2D eigenvalue weighted by Crippen LogP contribution is -2.47. The molecule has 2 unspecified atom stereocenters. The fourth-order valence-corrected chi connectivity index (χ4v) is 1.78. The Bertz CT molecular complexity index is 241. The van der Waals surface area contributed by atoms with Crippen LogP contribution in [0.25, 0.3) is 0 Å². The summed E-state index contributed by atoms with van der Waals surface area (Å²) in [5.74, 6) is -1.43. The average molecular weight is 201 g/mol.